The fourth-order valence-electron chi connectivity index (χ4n) is 2.27. The second kappa shape index (κ2) is 9.81. The molecule has 1 aromatic rings. The minimum absolute atomic E-state index is 0.117. The number of nitrogens with zero attached hydrogens (tertiary/aromatic N) is 1. The summed E-state index contributed by atoms with van der Waals surface area (Å²) in [6.07, 6.45) is 11.2. The van der Waals surface area contributed by atoms with Crippen LogP contribution in [0.3, 0.4) is 0 Å². The molecule has 0 spiro atoms. The molecule has 2 N–H and O–H groups in total. The molecule has 4 heteroatoms. The molecule has 0 aliphatic heterocycles. The highest BCUT2D eigenvalue weighted by atomic mass is 79.9. The second-order valence-corrected chi connectivity index (χ2v) is 5.99. The minimum Gasteiger partial charge on any atom is -0.506 e. The summed E-state index contributed by atoms with van der Waals surface area (Å²) in [5.74, 6) is 0.117. The lowest BCUT2D eigenvalue weighted by Gasteiger charge is -2.07. The predicted molar refractivity (Wildman–Crippen MR) is 86.9 cm³/mol. The molecule has 1 rings (SSSR count). The van der Waals surface area contributed by atoms with E-state index in [1.165, 1.54) is 44.7 Å². The highest BCUT2D eigenvalue weighted by molar-refractivity contribution is 9.10. The third kappa shape index (κ3) is 5.95. The maximum atomic E-state index is 9.80. The summed E-state index contributed by atoms with van der Waals surface area (Å²) in [4.78, 5) is 0. The number of unbranched alkanes of at least 4 members (excludes halogenated alkanes) is 6. The lowest BCUT2D eigenvalue weighted by molar-refractivity contribution is 0.321. The SMILES string of the molecule is CCCCCCCCCc1cc(Br)c(O)c(C=NO)c1. The number of hydrogen-bond acceptors (Lipinski definition) is 3. The van der Waals surface area contributed by atoms with Crippen molar-refractivity contribution in [3.63, 3.8) is 0 Å². The Kier molecular flexibility index (Phi) is 8.35. The summed E-state index contributed by atoms with van der Waals surface area (Å²) in [5, 5.41) is 21.4. The van der Waals surface area contributed by atoms with Gasteiger partial charge in [0.25, 0.3) is 0 Å². The van der Waals surface area contributed by atoms with E-state index in [0.717, 1.165) is 18.4 Å². The van der Waals surface area contributed by atoms with Crippen molar-refractivity contribution in [1.82, 2.24) is 0 Å². The third-order valence-corrected chi connectivity index (χ3v) is 4.02. The molecule has 0 unspecified atom stereocenters. The van der Waals surface area contributed by atoms with Gasteiger partial charge in [-0.25, -0.2) is 0 Å². The predicted octanol–water partition coefficient (Wildman–Crippen LogP) is 5.26. The van der Waals surface area contributed by atoms with Crippen LogP contribution in [0.1, 0.15) is 63.0 Å². The Bertz CT molecular complexity index is 433. The van der Waals surface area contributed by atoms with E-state index in [1.54, 1.807) is 0 Å². The molecule has 0 fully saturated rings. The van der Waals surface area contributed by atoms with Crippen LogP contribution in [-0.2, 0) is 6.42 Å². The van der Waals surface area contributed by atoms with E-state index in [4.69, 9.17) is 5.21 Å². The zero-order valence-electron chi connectivity index (χ0n) is 12.1. The Hall–Kier alpha value is -1.03. The quantitative estimate of drug-likeness (QED) is 0.278. The standard InChI is InChI=1S/C16H24BrNO2/c1-2-3-4-5-6-7-8-9-13-10-14(12-18-20)16(19)15(17)11-13/h10-12,19-20H,2-9H2,1H3. The maximum absolute atomic E-state index is 9.80. The Morgan fingerprint density at radius 2 is 1.75 bits per heavy atom. The molecule has 0 bridgehead atoms. The molecule has 0 radical (unpaired) electrons. The van der Waals surface area contributed by atoms with Crippen LogP contribution < -0.4 is 0 Å². The Morgan fingerprint density at radius 1 is 1.10 bits per heavy atom. The normalized spacial score (nSPS) is 11.3. The van der Waals surface area contributed by atoms with Crippen LogP contribution in [0, 0.1) is 0 Å². The van der Waals surface area contributed by atoms with E-state index in [-0.39, 0.29) is 5.75 Å². The molecule has 0 amide bonds. The van der Waals surface area contributed by atoms with Crippen molar-refractivity contribution in [2.75, 3.05) is 0 Å². The summed E-state index contributed by atoms with van der Waals surface area (Å²) in [5.41, 5.74) is 1.69. The minimum atomic E-state index is 0.117. The summed E-state index contributed by atoms with van der Waals surface area (Å²) in [7, 11) is 0. The van der Waals surface area contributed by atoms with Gasteiger partial charge in [-0.15, -0.1) is 0 Å². The Balaban J connectivity index is 2.40. The molecule has 0 heterocycles. The molecule has 1 aromatic carbocycles. The van der Waals surface area contributed by atoms with Crippen LogP contribution in [0.5, 0.6) is 5.75 Å². The Morgan fingerprint density at radius 3 is 2.40 bits per heavy atom. The maximum Gasteiger partial charge on any atom is 0.138 e. The lowest BCUT2D eigenvalue weighted by Crippen LogP contribution is -1.91. The van der Waals surface area contributed by atoms with Crippen molar-refractivity contribution in [3.05, 3.63) is 27.7 Å². The van der Waals surface area contributed by atoms with Crippen LogP contribution >= 0.6 is 15.9 Å². The number of rotatable bonds is 9. The first-order valence-corrected chi connectivity index (χ1v) is 8.17. The topological polar surface area (TPSA) is 52.8 Å². The van der Waals surface area contributed by atoms with Gasteiger partial charge in [-0.05, 0) is 46.5 Å². The van der Waals surface area contributed by atoms with E-state index in [1.807, 2.05) is 12.1 Å². The van der Waals surface area contributed by atoms with Crippen LogP contribution in [0.2, 0.25) is 0 Å². The van der Waals surface area contributed by atoms with Crippen molar-refractivity contribution in [2.45, 2.75) is 58.3 Å². The van der Waals surface area contributed by atoms with Gasteiger partial charge < -0.3 is 10.3 Å². The van der Waals surface area contributed by atoms with Gasteiger partial charge in [-0.3, -0.25) is 0 Å². The van der Waals surface area contributed by atoms with E-state index in [2.05, 4.69) is 28.0 Å². The number of aromatic hydroxyl groups is 1. The Labute approximate surface area is 129 Å². The highest BCUT2D eigenvalue weighted by Crippen LogP contribution is 2.29. The molecule has 0 aromatic heterocycles. The van der Waals surface area contributed by atoms with Crippen LogP contribution in [0.4, 0.5) is 0 Å². The number of aryl methyl sites for hydroxylation is 1. The molecule has 0 aliphatic carbocycles. The number of halogens is 1. The van der Waals surface area contributed by atoms with Gasteiger partial charge in [-0.2, -0.15) is 0 Å². The van der Waals surface area contributed by atoms with Crippen molar-refractivity contribution >= 4 is 22.1 Å². The van der Waals surface area contributed by atoms with Crippen molar-refractivity contribution in [3.8, 4) is 5.75 Å². The zero-order valence-corrected chi connectivity index (χ0v) is 13.7. The zero-order chi connectivity index (χ0) is 14.8. The molecular formula is C16H24BrNO2. The monoisotopic (exact) mass is 341 g/mol. The largest absolute Gasteiger partial charge is 0.506 e. The van der Waals surface area contributed by atoms with E-state index >= 15 is 0 Å². The molecule has 20 heavy (non-hydrogen) atoms. The van der Waals surface area contributed by atoms with Crippen molar-refractivity contribution in [2.24, 2.45) is 5.16 Å². The third-order valence-electron chi connectivity index (χ3n) is 3.42. The molecule has 3 nitrogen and oxygen atoms in total. The summed E-state index contributed by atoms with van der Waals surface area (Å²) in [6.45, 7) is 2.23. The van der Waals surface area contributed by atoms with Gasteiger partial charge in [0.15, 0.2) is 0 Å². The molecule has 112 valence electrons. The van der Waals surface area contributed by atoms with Crippen LogP contribution in [0.25, 0.3) is 0 Å². The molecule has 0 aliphatic rings. The van der Waals surface area contributed by atoms with E-state index < -0.39 is 0 Å². The number of benzene rings is 1. The number of phenolic OH excluding ortho intramolecular Hbond substituents is 1. The second-order valence-electron chi connectivity index (χ2n) is 5.13. The van der Waals surface area contributed by atoms with E-state index in [0.29, 0.717) is 10.0 Å². The fraction of sp³-hybridized carbons (Fsp3) is 0.562. The number of oxime groups is 1. The molecule has 0 saturated heterocycles. The summed E-state index contributed by atoms with van der Waals surface area (Å²) >= 11 is 3.32. The van der Waals surface area contributed by atoms with Gasteiger partial charge in [0, 0.05) is 5.56 Å². The van der Waals surface area contributed by atoms with Crippen molar-refractivity contribution in [1.29, 1.82) is 0 Å². The van der Waals surface area contributed by atoms with Crippen molar-refractivity contribution < 1.29 is 10.3 Å². The van der Waals surface area contributed by atoms with Gasteiger partial charge in [0.1, 0.15) is 5.75 Å². The van der Waals surface area contributed by atoms with Gasteiger partial charge in [0.05, 0.1) is 10.7 Å². The molecule has 0 saturated carbocycles. The average molecular weight is 342 g/mol. The average Bonchev–Trinajstić information content (AvgIpc) is 2.43. The first-order chi connectivity index (χ1) is 9.69. The van der Waals surface area contributed by atoms with E-state index in [9.17, 15) is 5.11 Å². The lowest BCUT2D eigenvalue weighted by atomic mass is 10.0. The summed E-state index contributed by atoms with van der Waals surface area (Å²) < 4.78 is 0.646. The molecular weight excluding hydrogens is 318 g/mol. The molecule has 0 atom stereocenters. The van der Waals surface area contributed by atoms with Crippen LogP contribution in [-0.4, -0.2) is 16.5 Å². The first kappa shape index (κ1) is 17.0. The number of phenols is 1. The highest BCUT2D eigenvalue weighted by Gasteiger charge is 2.06. The van der Waals surface area contributed by atoms with Gasteiger partial charge in [-0.1, -0.05) is 50.6 Å². The fourth-order valence-corrected chi connectivity index (χ4v) is 2.79. The number of hydrogen-bond donors (Lipinski definition) is 2. The smallest absolute Gasteiger partial charge is 0.138 e. The summed E-state index contributed by atoms with van der Waals surface area (Å²) in [6, 6.07) is 3.80. The van der Waals surface area contributed by atoms with Gasteiger partial charge >= 0.3 is 0 Å². The van der Waals surface area contributed by atoms with Gasteiger partial charge in [0.2, 0.25) is 0 Å². The first-order valence-electron chi connectivity index (χ1n) is 7.37. The van der Waals surface area contributed by atoms with Crippen LogP contribution in [0.15, 0.2) is 21.8 Å².